The minimum atomic E-state index is -1.12. The first-order chi connectivity index (χ1) is 9.47. The predicted molar refractivity (Wildman–Crippen MR) is 72.2 cm³/mol. The molecule has 2 rings (SSSR count). The average molecular weight is 293 g/mol. The average Bonchev–Trinajstić information content (AvgIpc) is 2.84. The summed E-state index contributed by atoms with van der Waals surface area (Å²) >= 11 is 1.39. The number of nitrogens with zero attached hydrogens (tertiary/aromatic N) is 1. The van der Waals surface area contributed by atoms with E-state index in [0.717, 1.165) is 10.2 Å². The van der Waals surface area contributed by atoms with Crippen LogP contribution in [-0.4, -0.2) is 29.0 Å². The number of thiazole rings is 1. The van der Waals surface area contributed by atoms with Gasteiger partial charge in [0, 0.05) is 0 Å². The van der Waals surface area contributed by atoms with Crippen LogP contribution < -0.4 is 11.1 Å². The van der Waals surface area contributed by atoms with Crippen molar-refractivity contribution in [1.82, 2.24) is 10.3 Å². The molecular weight excluding hydrogens is 282 g/mol. The van der Waals surface area contributed by atoms with Gasteiger partial charge in [-0.05, 0) is 25.1 Å². The number of aromatic nitrogens is 1. The molecule has 0 fully saturated rings. The van der Waals surface area contributed by atoms with Crippen LogP contribution in [-0.2, 0) is 9.53 Å². The Morgan fingerprint density at radius 2 is 2.15 bits per heavy atom. The van der Waals surface area contributed by atoms with Crippen LogP contribution in [0.15, 0.2) is 23.7 Å². The molecule has 0 bridgehead atoms. The number of amides is 3. The van der Waals surface area contributed by atoms with Crippen molar-refractivity contribution in [1.29, 1.82) is 0 Å². The summed E-state index contributed by atoms with van der Waals surface area (Å²) in [6.45, 7) is 1.35. The number of ether oxygens (including phenoxy) is 1. The SMILES string of the molecule is CC(OC(=O)c1ccc2ncsc2c1)C(=O)NC(N)=O. The molecule has 0 aliphatic rings. The summed E-state index contributed by atoms with van der Waals surface area (Å²) in [7, 11) is 0. The minimum Gasteiger partial charge on any atom is -0.449 e. The molecule has 0 spiro atoms. The third-order valence-electron chi connectivity index (χ3n) is 2.47. The maximum atomic E-state index is 11.9. The molecule has 20 heavy (non-hydrogen) atoms. The van der Waals surface area contributed by atoms with E-state index in [1.165, 1.54) is 18.3 Å². The van der Waals surface area contributed by atoms with Crippen LogP contribution in [0.3, 0.4) is 0 Å². The Kier molecular flexibility index (Phi) is 3.94. The number of nitrogens with two attached hydrogens (primary N) is 1. The second-order valence-electron chi connectivity index (χ2n) is 3.94. The summed E-state index contributed by atoms with van der Waals surface area (Å²) in [6.07, 6.45) is -1.12. The quantitative estimate of drug-likeness (QED) is 0.821. The van der Waals surface area contributed by atoms with Gasteiger partial charge in [-0.25, -0.2) is 14.6 Å². The van der Waals surface area contributed by atoms with Crippen LogP contribution in [0, 0.1) is 0 Å². The first-order valence-corrected chi connectivity index (χ1v) is 6.50. The van der Waals surface area contributed by atoms with Gasteiger partial charge in [0.2, 0.25) is 0 Å². The van der Waals surface area contributed by atoms with Crippen molar-refractivity contribution < 1.29 is 19.1 Å². The molecule has 0 saturated carbocycles. The molecule has 0 aliphatic carbocycles. The van der Waals surface area contributed by atoms with Crippen LogP contribution in [0.2, 0.25) is 0 Å². The normalized spacial score (nSPS) is 11.8. The van der Waals surface area contributed by atoms with Crippen molar-refractivity contribution in [3.63, 3.8) is 0 Å². The molecule has 1 aromatic heterocycles. The lowest BCUT2D eigenvalue weighted by Gasteiger charge is -2.11. The lowest BCUT2D eigenvalue weighted by Crippen LogP contribution is -2.42. The number of primary amides is 1. The zero-order chi connectivity index (χ0) is 14.7. The van der Waals surface area contributed by atoms with E-state index < -0.39 is 24.0 Å². The maximum Gasteiger partial charge on any atom is 0.338 e. The number of nitrogens with one attached hydrogen (secondary N) is 1. The fourth-order valence-electron chi connectivity index (χ4n) is 1.49. The third-order valence-corrected chi connectivity index (χ3v) is 3.26. The Bertz CT molecular complexity index is 682. The lowest BCUT2D eigenvalue weighted by atomic mass is 10.2. The Morgan fingerprint density at radius 1 is 1.40 bits per heavy atom. The van der Waals surface area contributed by atoms with Gasteiger partial charge < -0.3 is 10.5 Å². The Hall–Kier alpha value is -2.48. The predicted octanol–water partition coefficient (Wildman–Crippen LogP) is 1.04. The molecule has 104 valence electrons. The molecule has 0 radical (unpaired) electrons. The van der Waals surface area contributed by atoms with Crippen LogP contribution >= 0.6 is 11.3 Å². The Labute approximate surface area is 117 Å². The standard InChI is InChI=1S/C12H11N3O4S/c1-6(10(16)15-12(13)18)19-11(17)7-2-3-8-9(4-7)20-5-14-8/h2-6H,1H3,(H3,13,15,16,18). The summed E-state index contributed by atoms with van der Waals surface area (Å²) in [5.41, 5.74) is 7.57. The van der Waals surface area contributed by atoms with Crippen molar-refractivity contribution >= 4 is 39.5 Å². The number of urea groups is 1. The van der Waals surface area contributed by atoms with Gasteiger partial charge in [-0.3, -0.25) is 10.1 Å². The van der Waals surface area contributed by atoms with Gasteiger partial charge in [0.15, 0.2) is 6.10 Å². The minimum absolute atomic E-state index is 0.306. The second-order valence-corrected chi connectivity index (χ2v) is 4.82. The van der Waals surface area contributed by atoms with E-state index in [2.05, 4.69) is 4.98 Å². The van der Waals surface area contributed by atoms with Gasteiger partial charge in [-0.2, -0.15) is 0 Å². The zero-order valence-corrected chi connectivity index (χ0v) is 11.3. The molecule has 3 amide bonds. The molecule has 2 aromatic rings. The number of hydrogen-bond donors (Lipinski definition) is 2. The summed E-state index contributed by atoms with van der Waals surface area (Å²) in [6, 6.07) is 3.89. The summed E-state index contributed by atoms with van der Waals surface area (Å²) < 4.78 is 5.79. The fourth-order valence-corrected chi connectivity index (χ4v) is 2.20. The smallest absolute Gasteiger partial charge is 0.338 e. The lowest BCUT2D eigenvalue weighted by molar-refractivity contribution is -0.127. The largest absolute Gasteiger partial charge is 0.449 e. The number of benzene rings is 1. The van der Waals surface area contributed by atoms with Gasteiger partial charge in [0.1, 0.15) is 0 Å². The van der Waals surface area contributed by atoms with E-state index in [1.807, 2.05) is 5.32 Å². The zero-order valence-electron chi connectivity index (χ0n) is 10.5. The van der Waals surface area contributed by atoms with E-state index in [0.29, 0.717) is 5.56 Å². The molecule has 7 nitrogen and oxygen atoms in total. The molecule has 1 unspecified atom stereocenters. The van der Waals surface area contributed by atoms with E-state index >= 15 is 0 Å². The first-order valence-electron chi connectivity index (χ1n) is 5.62. The van der Waals surface area contributed by atoms with Gasteiger partial charge >= 0.3 is 12.0 Å². The second kappa shape index (κ2) is 5.66. The van der Waals surface area contributed by atoms with Crippen LogP contribution in [0.4, 0.5) is 4.79 Å². The van der Waals surface area contributed by atoms with Crippen molar-refractivity contribution in [3.8, 4) is 0 Å². The number of rotatable bonds is 3. The van der Waals surface area contributed by atoms with Crippen molar-refractivity contribution in [3.05, 3.63) is 29.3 Å². The third kappa shape index (κ3) is 3.09. The first kappa shape index (κ1) is 13.9. The van der Waals surface area contributed by atoms with Gasteiger partial charge in [0.25, 0.3) is 5.91 Å². The van der Waals surface area contributed by atoms with E-state index in [9.17, 15) is 14.4 Å². The van der Waals surface area contributed by atoms with Gasteiger partial charge in [0.05, 0.1) is 21.3 Å². The molecule has 0 aliphatic heterocycles. The monoisotopic (exact) mass is 293 g/mol. The number of hydrogen-bond acceptors (Lipinski definition) is 6. The Balaban J connectivity index is 2.07. The van der Waals surface area contributed by atoms with E-state index in [1.54, 1.807) is 23.7 Å². The van der Waals surface area contributed by atoms with Crippen molar-refractivity contribution in [2.75, 3.05) is 0 Å². The molecule has 1 atom stereocenters. The number of imide groups is 1. The molecule has 0 saturated heterocycles. The van der Waals surface area contributed by atoms with Crippen molar-refractivity contribution in [2.24, 2.45) is 5.73 Å². The molecule has 1 heterocycles. The molecule has 1 aromatic carbocycles. The molecular formula is C12H11N3O4S. The van der Waals surface area contributed by atoms with Gasteiger partial charge in [-0.15, -0.1) is 11.3 Å². The molecule has 8 heteroatoms. The van der Waals surface area contributed by atoms with E-state index in [-0.39, 0.29) is 0 Å². The summed E-state index contributed by atoms with van der Waals surface area (Å²) in [4.78, 5) is 37.9. The highest BCUT2D eigenvalue weighted by Gasteiger charge is 2.20. The van der Waals surface area contributed by atoms with Crippen LogP contribution in [0.25, 0.3) is 10.2 Å². The summed E-state index contributed by atoms with van der Waals surface area (Å²) in [5.74, 6) is -1.43. The highest BCUT2D eigenvalue weighted by Crippen LogP contribution is 2.19. The highest BCUT2D eigenvalue weighted by molar-refractivity contribution is 7.16. The van der Waals surface area contributed by atoms with Crippen molar-refractivity contribution in [2.45, 2.75) is 13.0 Å². The van der Waals surface area contributed by atoms with Gasteiger partial charge in [-0.1, -0.05) is 0 Å². The molecule has 3 N–H and O–H groups in total. The maximum absolute atomic E-state index is 11.9. The number of carbonyl (C=O) groups is 3. The topological polar surface area (TPSA) is 111 Å². The number of fused-ring (bicyclic) bond motifs is 1. The van der Waals surface area contributed by atoms with E-state index in [4.69, 9.17) is 10.5 Å². The van der Waals surface area contributed by atoms with Crippen LogP contribution in [0.1, 0.15) is 17.3 Å². The summed E-state index contributed by atoms with van der Waals surface area (Å²) in [5, 5.41) is 1.84. The number of carbonyl (C=O) groups excluding carboxylic acids is 3. The van der Waals surface area contributed by atoms with Crippen LogP contribution in [0.5, 0.6) is 0 Å². The fraction of sp³-hybridized carbons (Fsp3) is 0.167. The number of esters is 1. The highest BCUT2D eigenvalue weighted by atomic mass is 32.1. The Morgan fingerprint density at radius 3 is 2.85 bits per heavy atom.